The van der Waals surface area contributed by atoms with Gasteiger partial charge in [0.2, 0.25) is 10.0 Å². The Hall–Kier alpha value is -3.15. The summed E-state index contributed by atoms with van der Waals surface area (Å²) < 4.78 is 83.8. The smallest absolute Gasteiger partial charge is 0.268 e. The molecule has 0 bridgehead atoms. The van der Waals surface area contributed by atoms with Gasteiger partial charge in [-0.25, -0.2) is 35.2 Å². The van der Waals surface area contributed by atoms with Crippen LogP contribution >= 0.6 is 0 Å². The maximum Gasteiger partial charge on any atom is 0.268 e. The third kappa shape index (κ3) is 4.97. The Kier molecular flexibility index (Phi) is 6.66. The van der Waals surface area contributed by atoms with Gasteiger partial charge in [0.05, 0.1) is 34.6 Å². The summed E-state index contributed by atoms with van der Waals surface area (Å²) in [5, 5.41) is 4.02. The number of sulfonamides is 1. The first-order chi connectivity index (χ1) is 15.7. The highest BCUT2D eigenvalue weighted by atomic mass is 32.2. The van der Waals surface area contributed by atoms with Crippen molar-refractivity contribution in [3.05, 3.63) is 65.5 Å². The van der Waals surface area contributed by atoms with Crippen molar-refractivity contribution in [3.8, 4) is 0 Å². The summed E-state index contributed by atoms with van der Waals surface area (Å²) in [5.74, 6) is -5.66. The number of nitrogens with one attached hydrogen (secondary N) is 1. The van der Waals surface area contributed by atoms with Crippen molar-refractivity contribution in [2.45, 2.75) is 51.3 Å². The van der Waals surface area contributed by atoms with E-state index in [0.717, 1.165) is 24.4 Å². The zero-order valence-electron chi connectivity index (χ0n) is 18.5. The summed E-state index contributed by atoms with van der Waals surface area (Å²) in [6.45, 7) is 3.53. The van der Waals surface area contributed by atoms with Crippen LogP contribution < -0.4 is 9.62 Å². The molecule has 1 fully saturated rings. The Morgan fingerprint density at radius 1 is 1.17 bits per heavy atom. The molecule has 1 N–H and O–H groups in total. The highest BCUT2D eigenvalue weighted by Crippen LogP contribution is 2.44. The number of halogens is 4. The van der Waals surface area contributed by atoms with Crippen LogP contribution in [0.25, 0.3) is 5.52 Å². The molecule has 0 spiro atoms. The Morgan fingerprint density at radius 2 is 1.86 bits per heavy atom. The third-order valence-electron chi connectivity index (χ3n) is 5.70. The molecule has 1 aromatic carbocycles. The van der Waals surface area contributed by atoms with Crippen LogP contribution in [-0.2, 0) is 10.0 Å². The molecule has 0 saturated carbocycles. The van der Waals surface area contributed by atoms with E-state index in [1.54, 1.807) is 0 Å². The van der Waals surface area contributed by atoms with E-state index >= 15 is 0 Å². The van der Waals surface area contributed by atoms with E-state index in [2.05, 4.69) is 5.10 Å². The second kappa shape index (κ2) is 8.81. The first-order valence-corrected chi connectivity index (χ1v) is 11.8. The largest absolute Gasteiger partial charge is 0.358 e. The van der Waals surface area contributed by atoms with Crippen LogP contribution in [0.5, 0.6) is 0 Å². The predicted molar refractivity (Wildman–Crippen MR) is 124 cm³/mol. The number of hydrogen-bond acceptors (Lipinski definition) is 5. The maximum atomic E-state index is 14.4. The topological polar surface area (TPSA) is 83.8 Å². The van der Waals surface area contributed by atoms with Crippen LogP contribution in [0.15, 0.2) is 42.7 Å². The Bertz CT molecular complexity index is 1380. The summed E-state index contributed by atoms with van der Waals surface area (Å²) in [6, 6.07) is 4.37. The molecule has 190 valence electrons. The molecule has 1 amide bonds. The quantitative estimate of drug-likeness (QED) is 0.511. The van der Waals surface area contributed by atoms with Crippen molar-refractivity contribution >= 4 is 27.1 Å². The van der Waals surface area contributed by atoms with Crippen LogP contribution in [0.1, 0.15) is 56.6 Å². The van der Waals surface area contributed by atoms with Gasteiger partial charge >= 0.3 is 0 Å². The molecule has 0 radical (unpaired) electrons. The number of hydrogen-bond donors (Lipinski definition) is 1. The fourth-order valence-electron chi connectivity index (χ4n) is 3.79. The molecular weight excluding hydrogens is 488 g/mol. The minimum absolute atomic E-state index is 0. The van der Waals surface area contributed by atoms with E-state index in [1.165, 1.54) is 48.5 Å². The van der Waals surface area contributed by atoms with Gasteiger partial charge in [-0.1, -0.05) is 7.43 Å². The fourth-order valence-corrected chi connectivity index (χ4v) is 4.45. The average Bonchev–Trinajstić information content (AvgIpc) is 3.28. The number of nitrogens with zero attached hydrogens (tertiary/aromatic N) is 3. The van der Waals surface area contributed by atoms with Crippen molar-refractivity contribution in [1.82, 2.24) is 14.3 Å². The lowest BCUT2D eigenvalue weighted by atomic mass is 10.0. The minimum atomic E-state index is -4.01. The molecule has 1 saturated heterocycles. The second-order valence-electron chi connectivity index (χ2n) is 9.19. The number of benzene rings is 1. The summed E-state index contributed by atoms with van der Waals surface area (Å²) in [5.41, 5.74) is 0.0771. The van der Waals surface area contributed by atoms with Crippen molar-refractivity contribution < 1.29 is 30.8 Å². The van der Waals surface area contributed by atoms with E-state index in [0.29, 0.717) is 0 Å². The molecule has 3 aromatic rings. The summed E-state index contributed by atoms with van der Waals surface area (Å²) in [6.07, 6.45) is 1.85. The van der Waals surface area contributed by atoms with Gasteiger partial charge in [-0.3, -0.25) is 4.79 Å². The van der Waals surface area contributed by atoms with Gasteiger partial charge in [0.15, 0.2) is 0 Å². The number of amides is 1. The summed E-state index contributed by atoms with van der Waals surface area (Å²) >= 11 is 0. The van der Waals surface area contributed by atoms with Crippen LogP contribution in [0, 0.1) is 11.6 Å². The minimum Gasteiger partial charge on any atom is -0.358 e. The van der Waals surface area contributed by atoms with Gasteiger partial charge in [-0.15, -0.1) is 0 Å². The van der Waals surface area contributed by atoms with Crippen molar-refractivity contribution in [1.29, 1.82) is 0 Å². The number of carbonyl (C=O) groups is 1. The van der Waals surface area contributed by atoms with Crippen LogP contribution in [0.3, 0.4) is 0 Å². The molecule has 12 heteroatoms. The van der Waals surface area contributed by atoms with Crippen molar-refractivity contribution in [2.75, 3.05) is 11.4 Å². The first kappa shape index (κ1) is 26.5. The number of alkyl halides is 2. The predicted octanol–water partition coefficient (Wildman–Crippen LogP) is 4.69. The van der Waals surface area contributed by atoms with E-state index in [1.807, 2.05) is 4.72 Å². The van der Waals surface area contributed by atoms with Gasteiger partial charge in [0, 0.05) is 23.9 Å². The number of fused-ring (bicyclic) bond motifs is 1. The number of pyridine rings is 1. The maximum absolute atomic E-state index is 14.4. The van der Waals surface area contributed by atoms with E-state index < -0.39 is 57.2 Å². The van der Waals surface area contributed by atoms with Gasteiger partial charge in [0.1, 0.15) is 11.6 Å². The number of aromatic nitrogens is 2. The molecule has 1 atom stereocenters. The number of carbonyl (C=O) groups excluding carboxylic acids is 1. The molecule has 1 aliphatic heterocycles. The lowest BCUT2D eigenvalue weighted by molar-refractivity contribution is 0.0222. The van der Waals surface area contributed by atoms with Crippen LogP contribution in [-0.4, -0.2) is 41.2 Å². The van der Waals surface area contributed by atoms with E-state index in [4.69, 9.17) is 0 Å². The SMILES string of the molecule is C.CC(C)(C)S(=O)(=O)NC(=O)c1cnn2ccc(N3CC(F)(F)CC3c3cc(F)ccc3F)cc12. The molecule has 1 aliphatic rings. The molecule has 3 heterocycles. The van der Waals surface area contributed by atoms with Crippen molar-refractivity contribution in [2.24, 2.45) is 0 Å². The molecule has 35 heavy (non-hydrogen) atoms. The molecule has 0 aliphatic carbocycles. The lowest BCUT2D eigenvalue weighted by Crippen LogP contribution is -2.42. The Labute approximate surface area is 200 Å². The number of rotatable bonds is 4. The third-order valence-corrected chi connectivity index (χ3v) is 7.77. The van der Waals surface area contributed by atoms with E-state index in [-0.39, 0.29) is 29.8 Å². The van der Waals surface area contributed by atoms with Crippen molar-refractivity contribution in [3.63, 3.8) is 0 Å². The molecular formula is C23H26F4N4O3S. The Balaban J connectivity index is 0.00000342. The molecule has 7 nitrogen and oxygen atoms in total. The monoisotopic (exact) mass is 514 g/mol. The first-order valence-electron chi connectivity index (χ1n) is 10.3. The normalized spacial score (nSPS) is 17.9. The Morgan fingerprint density at radius 3 is 2.51 bits per heavy atom. The standard InChI is InChI=1S/C22H22F4N4O3S.CH4/c1-21(2,3)34(32,33)28-20(31)16-11-27-30-7-6-14(9-18(16)30)29-12-22(25,26)10-19(29)15-8-13(23)4-5-17(15)24;/h4-9,11,19H,10,12H2,1-3H3,(H,28,31);1H4. The van der Waals surface area contributed by atoms with Crippen LogP contribution in [0.2, 0.25) is 0 Å². The number of anilines is 1. The molecule has 1 unspecified atom stereocenters. The zero-order valence-corrected chi connectivity index (χ0v) is 19.3. The second-order valence-corrected chi connectivity index (χ2v) is 11.6. The average molecular weight is 515 g/mol. The van der Waals surface area contributed by atoms with Gasteiger partial charge in [0.25, 0.3) is 11.8 Å². The fraction of sp³-hybridized carbons (Fsp3) is 0.391. The van der Waals surface area contributed by atoms with Gasteiger partial charge in [-0.2, -0.15) is 5.10 Å². The van der Waals surface area contributed by atoms with Gasteiger partial charge in [-0.05, 0) is 51.1 Å². The highest BCUT2D eigenvalue weighted by molar-refractivity contribution is 7.91. The highest BCUT2D eigenvalue weighted by Gasteiger charge is 2.46. The summed E-state index contributed by atoms with van der Waals surface area (Å²) in [7, 11) is -4.01. The lowest BCUT2D eigenvalue weighted by Gasteiger charge is -2.27. The molecule has 2 aromatic heterocycles. The zero-order chi connectivity index (χ0) is 25.1. The molecule has 4 rings (SSSR count). The van der Waals surface area contributed by atoms with E-state index in [9.17, 15) is 30.8 Å². The summed E-state index contributed by atoms with van der Waals surface area (Å²) in [4.78, 5) is 14.0. The van der Waals surface area contributed by atoms with Crippen LogP contribution in [0.4, 0.5) is 23.2 Å². The van der Waals surface area contributed by atoms with Gasteiger partial charge < -0.3 is 4.90 Å².